The molecule has 0 saturated carbocycles. The molecule has 4 heteroatoms. The van der Waals surface area contributed by atoms with Crippen LogP contribution in [0.5, 0.6) is 0 Å². The summed E-state index contributed by atoms with van der Waals surface area (Å²) < 4.78 is 4.37. The van der Waals surface area contributed by atoms with Crippen LogP contribution < -0.4 is 0 Å². The van der Waals surface area contributed by atoms with Crippen LogP contribution in [0.4, 0.5) is 0 Å². The molecule has 0 heterocycles. The normalized spacial score (nSPS) is 12.2. The fourth-order valence-electron chi connectivity index (χ4n) is 0.924. The highest BCUT2D eigenvalue weighted by Crippen LogP contribution is 2.18. The standard InChI is InChI=1S/C9H9ClO3/c1-13-9(12)8(11)6-3-2-4-7(10)5-6/h2-5,8,11H,1H3/t8-/m1/s1. The van der Waals surface area contributed by atoms with Crippen LogP contribution in [0.25, 0.3) is 0 Å². The maximum Gasteiger partial charge on any atom is 0.339 e. The molecule has 1 rings (SSSR count). The fraction of sp³-hybridized carbons (Fsp3) is 0.222. The third kappa shape index (κ3) is 2.44. The number of carbonyl (C=O) groups is 1. The van der Waals surface area contributed by atoms with Gasteiger partial charge in [0.05, 0.1) is 7.11 Å². The summed E-state index contributed by atoms with van der Waals surface area (Å²) >= 11 is 5.67. The lowest BCUT2D eigenvalue weighted by molar-refractivity contribution is -0.150. The first-order valence-corrected chi connectivity index (χ1v) is 4.04. The van der Waals surface area contributed by atoms with Crippen molar-refractivity contribution >= 4 is 17.6 Å². The van der Waals surface area contributed by atoms with Crippen molar-refractivity contribution in [3.8, 4) is 0 Å². The van der Waals surface area contributed by atoms with Crippen molar-refractivity contribution in [1.82, 2.24) is 0 Å². The average molecular weight is 201 g/mol. The average Bonchev–Trinajstić information content (AvgIpc) is 2.15. The largest absolute Gasteiger partial charge is 0.467 e. The van der Waals surface area contributed by atoms with E-state index in [1.807, 2.05) is 0 Å². The van der Waals surface area contributed by atoms with Gasteiger partial charge in [0.15, 0.2) is 6.10 Å². The number of methoxy groups -OCH3 is 1. The second kappa shape index (κ2) is 4.25. The molecular weight excluding hydrogens is 192 g/mol. The molecule has 70 valence electrons. The molecule has 0 spiro atoms. The lowest BCUT2D eigenvalue weighted by atomic mass is 10.1. The molecule has 0 radical (unpaired) electrons. The molecular formula is C9H9ClO3. The van der Waals surface area contributed by atoms with Crippen molar-refractivity contribution in [3.63, 3.8) is 0 Å². The maximum atomic E-state index is 10.9. The highest BCUT2D eigenvalue weighted by atomic mass is 35.5. The number of hydrogen-bond donors (Lipinski definition) is 1. The van der Waals surface area contributed by atoms with Crippen molar-refractivity contribution < 1.29 is 14.6 Å². The first-order chi connectivity index (χ1) is 6.15. The van der Waals surface area contributed by atoms with Gasteiger partial charge in [-0.05, 0) is 17.7 Å². The molecule has 1 atom stereocenters. The highest BCUT2D eigenvalue weighted by molar-refractivity contribution is 6.30. The van der Waals surface area contributed by atoms with Crippen LogP contribution in [-0.4, -0.2) is 18.2 Å². The lowest BCUT2D eigenvalue weighted by Crippen LogP contribution is -2.13. The predicted molar refractivity (Wildman–Crippen MR) is 48.4 cm³/mol. The fourth-order valence-corrected chi connectivity index (χ4v) is 1.12. The van der Waals surface area contributed by atoms with Crippen LogP contribution in [-0.2, 0) is 9.53 Å². The van der Waals surface area contributed by atoms with Gasteiger partial charge >= 0.3 is 5.97 Å². The molecule has 1 N–H and O–H groups in total. The molecule has 1 aromatic rings. The molecule has 0 aliphatic heterocycles. The Kier molecular flexibility index (Phi) is 3.28. The van der Waals surface area contributed by atoms with E-state index in [0.29, 0.717) is 10.6 Å². The van der Waals surface area contributed by atoms with Gasteiger partial charge in [-0.2, -0.15) is 0 Å². The summed E-state index contributed by atoms with van der Waals surface area (Å²) in [6.45, 7) is 0. The lowest BCUT2D eigenvalue weighted by Gasteiger charge is -2.07. The summed E-state index contributed by atoms with van der Waals surface area (Å²) in [5.41, 5.74) is 0.430. The molecule has 0 fully saturated rings. The molecule has 0 unspecified atom stereocenters. The van der Waals surface area contributed by atoms with Gasteiger partial charge in [-0.15, -0.1) is 0 Å². The van der Waals surface area contributed by atoms with Gasteiger partial charge < -0.3 is 9.84 Å². The van der Waals surface area contributed by atoms with Crippen LogP contribution in [0.3, 0.4) is 0 Å². The van der Waals surface area contributed by atoms with Crippen molar-refractivity contribution in [3.05, 3.63) is 34.9 Å². The van der Waals surface area contributed by atoms with Crippen molar-refractivity contribution in [2.75, 3.05) is 7.11 Å². The third-order valence-electron chi connectivity index (χ3n) is 1.59. The number of rotatable bonds is 2. The van der Waals surface area contributed by atoms with Gasteiger partial charge in [-0.25, -0.2) is 4.79 Å². The molecule has 13 heavy (non-hydrogen) atoms. The number of aliphatic hydroxyl groups is 1. The van der Waals surface area contributed by atoms with Gasteiger partial charge in [-0.3, -0.25) is 0 Å². The summed E-state index contributed by atoms with van der Waals surface area (Å²) in [7, 11) is 1.22. The predicted octanol–water partition coefficient (Wildman–Crippen LogP) is 1.55. The monoisotopic (exact) mass is 200 g/mol. The second-order valence-corrected chi connectivity index (χ2v) is 2.92. The Labute approximate surface area is 80.9 Å². The van der Waals surface area contributed by atoms with Gasteiger partial charge in [-0.1, -0.05) is 23.7 Å². The van der Waals surface area contributed by atoms with Crippen LogP contribution >= 0.6 is 11.6 Å². The zero-order valence-corrected chi connectivity index (χ0v) is 7.78. The van der Waals surface area contributed by atoms with E-state index in [4.69, 9.17) is 11.6 Å². The number of carbonyl (C=O) groups excluding carboxylic acids is 1. The van der Waals surface area contributed by atoms with Gasteiger partial charge in [0.25, 0.3) is 0 Å². The Hall–Kier alpha value is -1.06. The minimum absolute atomic E-state index is 0.430. The Morgan fingerprint density at radius 2 is 2.31 bits per heavy atom. The zero-order valence-electron chi connectivity index (χ0n) is 7.03. The molecule has 1 aromatic carbocycles. The van der Waals surface area contributed by atoms with Crippen LogP contribution in [0.1, 0.15) is 11.7 Å². The topological polar surface area (TPSA) is 46.5 Å². The van der Waals surface area contributed by atoms with E-state index < -0.39 is 12.1 Å². The number of esters is 1. The van der Waals surface area contributed by atoms with Gasteiger partial charge in [0, 0.05) is 5.02 Å². The van der Waals surface area contributed by atoms with E-state index in [1.54, 1.807) is 18.2 Å². The Morgan fingerprint density at radius 3 is 2.85 bits per heavy atom. The molecule has 0 amide bonds. The van der Waals surface area contributed by atoms with E-state index in [0.717, 1.165) is 0 Å². The number of ether oxygens (including phenoxy) is 1. The van der Waals surface area contributed by atoms with Crippen LogP contribution in [0.15, 0.2) is 24.3 Å². The number of halogens is 1. The summed E-state index contributed by atoms with van der Waals surface area (Å²) in [5.74, 6) is -0.692. The zero-order chi connectivity index (χ0) is 9.84. The van der Waals surface area contributed by atoms with Gasteiger partial charge in [0.1, 0.15) is 0 Å². The molecule has 0 saturated heterocycles. The number of benzene rings is 1. The summed E-state index contributed by atoms with van der Waals surface area (Å²) in [4.78, 5) is 10.9. The second-order valence-electron chi connectivity index (χ2n) is 2.48. The maximum absolute atomic E-state index is 10.9. The van der Waals surface area contributed by atoms with E-state index in [1.165, 1.54) is 13.2 Å². The SMILES string of the molecule is COC(=O)[C@H](O)c1cccc(Cl)c1. The van der Waals surface area contributed by atoms with E-state index >= 15 is 0 Å². The van der Waals surface area contributed by atoms with E-state index in [-0.39, 0.29) is 0 Å². The Bertz CT molecular complexity index is 311. The molecule has 0 aliphatic carbocycles. The van der Waals surface area contributed by atoms with Gasteiger partial charge in [0.2, 0.25) is 0 Å². The molecule has 3 nitrogen and oxygen atoms in total. The molecule has 0 aliphatic rings. The highest BCUT2D eigenvalue weighted by Gasteiger charge is 2.17. The van der Waals surface area contributed by atoms with Crippen molar-refractivity contribution in [1.29, 1.82) is 0 Å². The van der Waals surface area contributed by atoms with E-state index in [2.05, 4.69) is 4.74 Å². The van der Waals surface area contributed by atoms with E-state index in [9.17, 15) is 9.90 Å². The Morgan fingerprint density at radius 1 is 1.62 bits per heavy atom. The first-order valence-electron chi connectivity index (χ1n) is 3.66. The minimum atomic E-state index is -1.26. The Balaban J connectivity index is 2.88. The smallest absolute Gasteiger partial charge is 0.339 e. The van der Waals surface area contributed by atoms with Crippen LogP contribution in [0, 0.1) is 0 Å². The number of aliphatic hydroxyl groups excluding tert-OH is 1. The minimum Gasteiger partial charge on any atom is -0.467 e. The first kappa shape index (κ1) is 10.0. The van der Waals surface area contributed by atoms with Crippen molar-refractivity contribution in [2.45, 2.75) is 6.10 Å². The third-order valence-corrected chi connectivity index (χ3v) is 1.82. The summed E-state index contributed by atoms with van der Waals surface area (Å²) in [5, 5.41) is 9.85. The summed E-state index contributed by atoms with van der Waals surface area (Å²) in [6, 6.07) is 6.44. The summed E-state index contributed by atoms with van der Waals surface area (Å²) in [6.07, 6.45) is -1.26. The van der Waals surface area contributed by atoms with Crippen molar-refractivity contribution in [2.24, 2.45) is 0 Å². The molecule has 0 aromatic heterocycles. The quantitative estimate of drug-likeness (QED) is 0.737. The number of hydrogen-bond acceptors (Lipinski definition) is 3. The molecule has 0 bridgehead atoms. The van der Waals surface area contributed by atoms with Crippen LogP contribution in [0.2, 0.25) is 5.02 Å².